The fourth-order valence-corrected chi connectivity index (χ4v) is 4.46. The van der Waals surface area contributed by atoms with Crippen molar-refractivity contribution in [2.75, 3.05) is 6.54 Å². The van der Waals surface area contributed by atoms with E-state index in [-0.39, 0.29) is 17.2 Å². The highest BCUT2D eigenvalue weighted by Gasteiger charge is 2.45. The van der Waals surface area contributed by atoms with Crippen molar-refractivity contribution in [3.05, 3.63) is 72.5 Å². The third kappa shape index (κ3) is 3.94. The van der Waals surface area contributed by atoms with E-state index in [9.17, 15) is 14.4 Å². The van der Waals surface area contributed by atoms with E-state index in [4.69, 9.17) is 10.5 Å². The Bertz CT molecular complexity index is 1290. The molecular formula is C24H22N6O4. The van der Waals surface area contributed by atoms with E-state index in [0.717, 1.165) is 10.9 Å². The summed E-state index contributed by atoms with van der Waals surface area (Å²) in [6.45, 7) is 0.409. The lowest BCUT2D eigenvalue weighted by Gasteiger charge is -2.44. The molecule has 2 aliphatic rings. The zero-order valence-electron chi connectivity index (χ0n) is 18.2. The largest absolute Gasteiger partial charge is 0.455 e. The van der Waals surface area contributed by atoms with Gasteiger partial charge in [-0.1, -0.05) is 18.2 Å². The second-order valence-corrected chi connectivity index (χ2v) is 8.13. The highest BCUT2D eigenvalue weighted by molar-refractivity contribution is 6.00. The van der Waals surface area contributed by atoms with E-state index >= 15 is 0 Å². The number of nitrogens with zero attached hydrogens (tertiary/aromatic N) is 5. The van der Waals surface area contributed by atoms with Gasteiger partial charge in [0.05, 0.1) is 22.5 Å². The summed E-state index contributed by atoms with van der Waals surface area (Å²) < 4.78 is 5.91. The first kappa shape index (κ1) is 21.5. The van der Waals surface area contributed by atoms with Crippen LogP contribution in [0.25, 0.3) is 16.6 Å². The Morgan fingerprint density at radius 2 is 1.97 bits per heavy atom. The van der Waals surface area contributed by atoms with Crippen LogP contribution in [-0.4, -0.2) is 61.5 Å². The van der Waals surface area contributed by atoms with E-state index in [1.54, 1.807) is 12.1 Å². The fraction of sp³-hybridized carbons (Fsp3) is 0.250. The summed E-state index contributed by atoms with van der Waals surface area (Å²) in [6.07, 6.45) is 5.83. The predicted octanol–water partition coefficient (Wildman–Crippen LogP) is 2.32. The van der Waals surface area contributed by atoms with E-state index in [1.807, 2.05) is 24.3 Å². The molecule has 0 spiro atoms. The molecule has 2 aliphatic heterocycles. The summed E-state index contributed by atoms with van der Waals surface area (Å²) in [7, 11) is 0. The molecule has 2 aromatic heterocycles. The summed E-state index contributed by atoms with van der Waals surface area (Å²) >= 11 is 0. The Morgan fingerprint density at radius 1 is 1.12 bits per heavy atom. The molecule has 3 amide bonds. The van der Waals surface area contributed by atoms with Crippen LogP contribution in [0.3, 0.4) is 0 Å². The zero-order valence-corrected chi connectivity index (χ0v) is 18.2. The Morgan fingerprint density at radius 3 is 2.76 bits per heavy atom. The van der Waals surface area contributed by atoms with Gasteiger partial charge in [0.2, 0.25) is 0 Å². The van der Waals surface area contributed by atoms with E-state index < -0.39 is 24.3 Å². The molecule has 2 atom stereocenters. The summed E-state index contributed by atoms with van der Waals surface area (Å²) in [6, 6.07) is 9.97. The number of carbonyl (C=O) groups is 3. The number of primary amides is 1. The van der Waals surface area contributed by atoms with Crippen molar-refractivity contribution in [2.24, 2.45) is 5.73 Å². The second kappa shape index (κ2) is 8.89. The van der Waals surface area contributed by atoms with Gasteiger partial charge in [0.25, 0.3) is 5.91 Å². The number of urea groups is 1. The Kier molecular flexibility index (Phi) is 5.62. The molecule has 0 saturated carbocycles. The van der Waals surface area contributed by atoms with Crippen LogP contribution in [0.2, 0.25) is 0 Å². The first-order chi connectivity index (χ1) is 16.5. The molecule has 10 nitrogen and oxygen atoms in total. The van der Waals surface area contributed by atoms with Gasteiger partial charge in [-0.2, -0.15) is 0 Å². The first-order valence-electron chi connectivity index (χ1n) is 11.0. The predicted molar refractivity (Wildman–Crippen MR) is 122 cm³/mol. The molecule has 1 aromatic carbocycles. The molecule has 2 N–H and O–H groups in total. The van der Waals surface area contributed by atoms with Gasteiger partial charge < -0.3 is 15.4 Å². The lowest BCUT2D eigenvalue weighted by molar-refractivity contribution is -0.135. The minimum Gasteiger partial charge on any atom is -0.455 e. The van der Waals surface area contributed by atoms with Gasteiger partial charge in [-0.3, -0.25) is 14.7 Å². The van der Waals surface area contributed by atoms with Gasteiger partial charge in [0.1, 0.15) is 12.4 Å². The molecule has 4 heterocycles. The number of benzene rings is 1. The van der Waals surface area contributed by atoms with Gasteiger partial charge in [0, 0.05) is 30.4 Å². The summed E-state index contributed by atoms with van der Waals surface area (Å²) in [4.78, 5) is 54.0. The molecule has 1 saturated heterocycles. The van der Waals surface area contributed by atoms with E-state index in [2.05, 4.69) is 15.0 Å². The molecular weight excluding hydrogens is 436 g/mol. The van der Waals surface area contributed by atoms with Gasteiger partial charge in [-0.05, 0) is 37.5 Å². The van der Waals surface area contributed by atoms with Crippen molar-refractivity contribution in [2.45, 2.75) is 31.5 Å². The number of rotatable bonds is 3. The number of pyridine rings is 1. The molecule has 0 radical (unpaired) electrons. The van der Waals surface area contributed by atoms with E-state index in [1.165, 1.54) is 34.6 Å². The number of aromatic nitrogens is 3. The average Bonchev–Trinajstić information content (AvgIpc) is 3.07. The smallest absolute Gasteiger partial charge is 0.340 e. The number of hydrogen-bond donors (Lipinski definition) is 1. The van der Waals surface area contributed by atoms with Gasteiger partial charge in [-0.25, -0.2) is 19.6 Å². The monoisotopic (exact) mass is 458 g/mol. The normalized spacial score (nSPS) is 20.4. The quantitative estimate of drug-likeness (QED) is 0.596. The Balaban J connectivity index is 1.50. The Labute approximate surface area is 195 Å². The van der Waals surface area contributed by atoms with Crippen LogP contribution in [-0.2, 0) is 9.53 Å². The molecule has 1 fully saturated rings. The summed E-state index contributed by atoms with van der Waals surface area (Å²) in [5.41, 5.74) is 7.44. The molecule has 172 valence electrons. The topological polar surface area (TPSA) is 132 Å². The average molecular weight is 458 g/mol. The summed E-state index contributed by atoms with van der Waals surface area (Å²) in [5.74, 6) is -0.883. The lowest BCUT2D eigenvalue weighted by atomic mass is 10.1. The van der Waals surface area contributed by atoms with Crippen LogP contribution in [0.5, 0.6) is 0 Å². The van der Waals surface area contributed by atoms with Crippen LogP contribution in [0.15, 0.2) is 61.2 Å². The Hall–Kier alpha value is -4.34. The van der Waals surface area contributed by atoms with Crippen molar-refractivity contribution in [1.82, 2.24) is 24.8 Å². The molecule has 2 unspecified atom stereocenters. The number of hydrogen-bond acceptors (Lipinski definition) is 7. The van der Waals surface area contributed by atoms with Crippen molar-refractivity contribution in [3.8, 4) is 0 Å². The maximum absolute atomic E-state index is 13.1. The maximum atomic E-state index is 13.1. The third-order valence-electron chi connectivity index (χ3n) is 6.02. The summed E-state index contributed by atoms with van der Waals surface area (Å²) in [5, 5.41) is 0.806. The van der Waals surface area contributed by atoms with Crippen molar-refractivity contribution >= 4 is 34.5 Å². The molecule has 0 aliphatic carbocycles. The SMILES string of the molecule is NC(=O)N1C(c2ccncn2)=CC(=O)N2CCCCC(OC(=O)c3cnc4ccccc4c3)C21. The van der Waals surface area contributed by atoms with Gasteiger partial charge in [-0.15, -0.1) is 0 Å². The minimum absolute atomic E-state index is 0.247. The van der Waals surface area contributed by atoms with Crippen LogP contribution < -0.4 is 5.73 Å². The number of para-hydroxylation sites is 1. The molecule has 34 heavy (non-hydrogen) atoms. The van der Waals surface area contributed by atoms with Crippen LogP contribution >= 0.6 is 0 Å². The second-order valence-electron chi connectivity index (χ2n) is 8.13. The minimum atomic E-state index is -0.889. The van der Waals surface area contributed by atoms with Crippen LogP contribution in [0.4, 0.5) is 4.79 Å². The maximum Gasteiger partial charge on any atom is 0.340 e. The number of fused-ring (bicyclic) bond motifs is 2. The molecule has 0 bridgehead atoms. The number of amides is 3. The number of ether oxygens (including phenoxy) is 1. The first-order valence-corrected chi connectivity index (χ1v) is 11.0. The highest BCUT2D eigenvalue weighted by atomic mass is 16.5. The van der Waals surface area contributed by atoms with Crippen molar-refractivity contribution in [1.29, 1.82) is 0 Å². The fourth-order valence-electron chi connectivity index (χ4n) is 4.46. The third-order valence-corrected chi connectivity index (χ3v) is 6.02. The standard InChI is InChI=1S/C24H22N6O4/c25-24(33)30-19(18-8-9-26-14-28-18)12-21(31)29-10-4-3-7-20(22(29)30)34-23(32)16-11-15-5-1-2-6-17(15)27-13-16/h1-2,5-6,8-9,11-14,20,22H,3-4,7,10H2,(H2,25,33). The number of esters is 1. The van der Waals surface area contributed by atoms with E-state index in [0.29, 0.717) is 31.5 Å². The number of nitrogens with two attached hydrogens (primary N) is 1. The van der Waals surface area contributed by atoms with Crippen LogP contribution in [0, 0.1) is 0 Å². The van der Waals surface area contributed by atoms with Crippen molar-refractivity contribution in [3.63, 3.8) is 0 Å². The van der Waals surface area contributed by atoms with Gasteiger partial charge in [0.15, 0.2) is 6.17 Å². The molecule has 10 heteroatoms. The molecule has 3 aromatic rings. The van der Waals surface area contributed by atoms with Crippen LogP contribution in [0.1, 0.15) is 35.3 Å². The highest BCUT2D eigenvalue weighted by Crippen LogP contribution is 2.33. The molecule has 5 rings (SSSR count). The van der Waals surface area contributed by atoms with Crippen molar-refractivity contribution < 1.29 is 19.1 Å². The lowest BCUT2D eigenvalue weighted by Crippen LogP contribution is -2.61. The zero-order chi connectivity index (χ0) is 23.7. The van der Waals surface area contributed by atoms with Gasteiger partial charge >= 0.3 is 12.0 Å². The number of carbonyl (C=O) groups excluding carboxylic acids is 3.